The van der Waals surface area contributed by atoms with E-state index in [1.165, 1.54) is 11.3 Å². The SMILES string of the molecule is CCC1CC(O)(c2sccc2C(=O)O)CCO1. The van der Waals surface area contributed by atoms with Gasteiger partial charge in [0.25, 0.3) is 0 Å². The summed E-state index contributed by atoms with van der Waals surface area (Å²) in [4.78, 5) is 11.6. The number of hydrogen-bond donors (Lipinski definition) is 2. The molecule has 2 rings (SSSR count). The number of aliphatic hydroxyl groups is 1. The van der Waals surface area contributed by atoms with Crippen molar-refractivity contribution in [2.75, 3.05) is 6.61 Å². The molecular weight excluding hydrogens is 240 g/mol. The molecule has 1 aromatic heterocycles. The zero-order valence-electron chi connectivity index (χ0n) is 9.68. The van der Waals surface area contributed by atoms with Crippen molar-refractivity contribution < 1.29 is 19.7 Å². The highest BCUT2D eigenvalue weighted by molar-refractivity contribution is 7.10. The highest BCUT2D eigenvalue weighted by Gasteiger charge is 2.39. The Morgan fingerprint density at radius 1 is 1.71 bits per heavy atom. The first-order valence-electron chi connectivity index (χ1n) is 5.72. The van der Waals surface area contributed by atoms with Gasteiger partial charge in [0.2, 0.25) is 0 Å². The summed E-state index contributed by atoms with van der Waals surface area (Å²) in [5.74, 6) is -0.978. The van der Waals surface area contributed by atoms with Gasteiger partial charge in [-0.25, -0.2) is 4.79 Å². The topological polar surface area (TPSA) is 66.8 Å². The molecule has 2 unspecified atom stereocenters. The number of ether oxygens (including phenoxy) is 1. The Morgan fingerprint density at radius 2 is 2.47 bits per heavy atom. The third-order valence-electron chi connectivity index (χ3n) is 3.21. The van der Waals surface area contributed by atoms with Gasteiger partial charge in [-0.1, -0.05) is 6.92 Å². The lowest BCUT2D eigenvalue weighted by Crippen LogP contribution is -2.38. The first-order chi connectivity index (χ1) is 8.07. The van der Waals surface area contributed by atoms with Gasteiger partial charge in [-0.15, -0.1) is 11.3 Å². The minimum Gasteiger partial charge on any atom is -0.478 e. The Morgan fingerprint density at radius 3 is 3.12 bits per heavy atom. The fourth-order valence-corrected chi connectivity index (χ4v) is 3.27. The Balaban J connectivity index is 2.30. The summed E-state index contributed by atoms with van der Waals surface area (Å²) < 4.78 is 5.52. The van der Waals surface area contributed by atoms with E-state index in [-0.39, 0.29) is 11.7 Å². The molecule has 1 fully saturated rings. The van der Waals surface area contributed by atoms with Crippen LogP contribution in [0.5, 0.6) is 0 Å². The van der Waals surface area contributed by atoms with E-state index in [2.05, 4.69) is 0 Å². The molecule has 0 amide bonds. The number of hydrogen-bond acceptors (Lipinski definition) is 4. The second-order valence-electron chi connectivity index (χ2n) is 4.36. The molecule has 1 aliphatic heterocycles. The molecule has 0 radical (unpaired) electrons. The molecular formula is C12H16O4S. The van der Waals surface area contributed by atoms with Crippen LogP contribution in [0.25, 0.3) is 0 Å². The minimum absolute atomic E-state index is 0.0116. The zero-order valence-corrected chi connectivity index (χ0v) is 10.5. The Hall–Kier alpha value is -0.910. The van der Waals surface area contributed by atoms with Crippen LogP contribution in [0.4, 0.5) is 0 Å². The number of rotatable bonds is 3. The predicted molar refractivity (Wildman–Crippen MR) is 64.4 cm³/mol. The fraction of sp³-hybridized carbons (Fsp3) is 0.583. The third kappa shape index (κ3) is 2.36. The van der Waals surface area contributed by atoms with Crippen LogP contribution >= 0.6 is 11.3 Å². The van der Waals surface area contributed by atoms with Gasteiger partial charge in [0.1, 0.15) is 5.60 Å². The molecule has 94 valence electrons. The maximum absolute atomic E-state index is 11.1. The van der Waals surface area contributed by atoms with Crippen LogP contribution in [-0.2, 0) is 10.3 Å². The van der Waals surface area contributed by atoms with Gasteiger partial charge < -0.3 is 14.9 Å². The number of thiophene rings is 1. The summed E-state index contributed by atoms with van der Waals surface area (Å²) in [6.45, 7) is 2.48. The lowest BCUT2D eigenvalue weighted by atomic mass is 9.86. The van der Waals surface area contributed by atoms with Crippen LogP contribution in [0.1, 0.15) is 41.4 Å². The van der Waals surface area contributed by atoms with Crippen LogP contribution in [0, 0.1) is 0 Å². The number of carbonyl (C=O) groups is 1. The second kappa shape index (κ2) is 4.76. The third-order valence-corrected chi connectivity index (χ3v) is 4.32. The largest absolute Gasteiger partial charge is 0.478 e. The summed E-state index contributed by atoms with van der Waals surface area (Å²) in [5, 5.41) is 21.4. The number of carboxylic acids is 1. The Kier molecular flexibility index (Phi) is 3.51. The minimum atomic E-state index is -1.04. The zero-order chi connectivity index (χ0) is 12.5. The van der Waals surface area contributed by atoms with Crippen LogP contribution in [0.2, 0.25) is 0 Å². The van der Waals surface area contributed by atoms with Crippen LogP contribution in [0.3, 0.4) is 0 Å². The molecule has 5 heteroatoms. The van der Waals surface area contributed by atoms with Gasteiger partial charge in [-0.3, -0.25) is 0 Å². The van der Waals surface area contributed by atoms with E-state index < -0.39 is 11.6 Å². The maximum Gasteiger partial charge on any atom is 0.336 e. The normalized spacial score (nSPS) is 29.2. The fourth-order valence-electron chi connectivity index (χ4n) is 2.24. The lowest BCUT2D eigenvalue weighted by molar-refractivity contribution is -0.107. The van der Waals surface area contributed by atoms with E-state index >= 15 is 0 Å². The van der Waals surface area contributed by atoms with Gasteiger partial charge in [-0.05, 0) is 17.9 Å². The van der Waals surface area contributed by atoms with E-state index in [1.807, 2.05) is 6.92 Å². The van der Waals surface area contributed by atoms with E-state index in [9.17, 15) is 9.90 Å². The van der Waals surface area contributed by atoms with E-state index in [0.717, 1.165) is 6.42 Å². The van der Waals surface area contributed by atoms with Gasteiger partial charge in [0, 0.05) is 12.8 Å². The van der Waals surface area contributed by atoms with Crippen molar-refractivity contribution in [1.29, 1.82) is 0 Å². The molecule has 0 saturated carbocycles. The van der Waals surface area contributed by atoms with Crippen molar-refractivity contribution in [2.24, 2.45) is 0 Å². The Bertz CT molecular complexity index is 414. The molecule has 1 saturated heterocycles. The van der Waals surface area contributed by atoms with Crippen molar-refractivity contribution in [1.82, 2.24) is 0 Å². The molecule has 1 aromatic rings. The average molecular weight is 256 g/mol. The summed E-state index contributed by atoms with van der Waals surface area (Å²) in [6.07, 6.45) is 1.78. The summed E-state index contributed by atoms with van der Waals surface area (Å²) >= 11 is 1.31. The van der Waals surface area contributed by atoms with Gasteiger partial charge >= 0.3 is 5.97 Å². The second-order valence-corrected chi connectivity index (χ2v) is 5.27. The van der Waals surface area contributed by atoms with Crippen LogP contribution in [-0.4, -0.2) is 28.9 Å². The monoisotopic (exact) mass is 256 g/mol. The van der Waals surface area contributed by atoms with E-state index in [0.29, 0.717) is 24.3 Å². The first kappa shape index (κ1) is 12.5. The van der Waals surface area contributed by atoms with Crippen molar-refractivity contribution in [3.63, 3.8) is 0 Å². The van der Waals surface area contributed by atoms with Crippen molar-refractivity contribution in [3.05, 3.63) is 21.9 Å². The van der Waals surface area contributed by atoms with Gasteiger partial charge in [0.15, 0.2) is 0 Å². The lowest BCUT2D eigenvalue weighted by Gasteiger charge is -2.36. The van der Waals surface area contributed by atoms with Gasteiger partial charge in [0.05, 0.1) is 23.2 Å². The molecule has 0 aliphatic carbocycles. The van der Waals surface area contributed by atoms with Crippen molar-refractivity contribution in [3.8, 4) is 0 Å². The summed E-state index contributed by atoms with van der Waals surface area (Å²) in [6, 6.07) is 1.55. The first-order valence-corrected chi connectivity index (χ1v) is 6.60. The summed E-state index contributed by atoms with van der Waals surface area (Å²) in [5.41, 5.74) is -0.824. The van der Waals surface area contributed by atoms with Crippen LogP contribution in [0.15, 0.2) is 11.4 Å². The molecule has 1 aliphatic rings. The molecule has 0 spiro atoms. The number of aromatic carboxylic acids is 1. The van der Waals surface area contributed by atoms with Crippen LogP contribution < -0.4 is 0 Å². The smallest absolute Gasteiger partial charge is 0.336 e. The van der Waals surface area contributed by atoms with Gasteiger partial charge in [-0.2, -0.15) is 0 Å². The molecule has 2 heterocycles. The van der Waals surface area contributed by atoms with Crippen molar-refractivity contribution in [2.45, 2.75) is 37.9 Å². The number of carboxylic acid groups (broad SMARTS) is 1. The van der Waals surface area contributed by atoms with E-state index in [4.69, 9.17) is 9.84 Å². The molecule has 2 N–H and O–H groups in total. The maximum atomic E-state index is 11.1. The quantitative estimate of drug-likeness (QED) is 0.870. The standard InChI is InChI=1S/C12H16O4S/c1-2-8-7-12(15,4-5-16-8)10-9(11(13)14)3-6-17-10/h3,6,8,15H,2,4-5,7H2,1H3,(H,13,14). The highest BCUT2D eigenvalue weighted by Crippen LogP contribution is 2.39. The molecule has 2 atom stereocenters. The molecule has 4 nitrogen and oxygen atoms in total. The predicted octanol–water partition coefficient (Wildman–Crippen LogP) is 2.22. The average Bonchev–Trinajstić information content (AvgIpc) is 2.78. The Labute approximate surface area is 104 Å². The molecule has 0 aromatic carbocycles. The van der Waals surface area contributed by atoms with Crippen molar-refractivity contribution >= 4 is 17.3 Å². The summed E-state index contributed by atoms with van der Waals surface area (Å²) in [7, 11) is 0. The molecule has 0 bridgehead atoms. The molecule has 17 heavy (non-hydrogen) atoms. The van der Waals surface area contributed by atoms with E-state index in [1.54, 1.807) is 11.4 Å². The highest BCUT2D eigenvalue weighted by atomic mass is 32.1.